The second-order valence-corrected chi connectivity index (χ2v) is 8.83. The van der Waals surface area contributed by atoms with Gasteiger partial charge in [-0.05, 0) is 42.3 Å². The predicted octanol–water partition coefficient (Wildman–Crippen LogP) is 7.41. The fourth-order valence-corrected chi connectivity index (χ4v) is 4.87. The number of nitrogens with zero attached hydrogens (tertiary/aromatic N) is 2. The number of halogens is 3. The molecular formula is C22H15Cl3N2OS. The topological polar surface area (TPSA) is 33.2 Å². The number of carbonyl (C=O) groups excluding carboxylic acids is 1. The second kappa shape index (κ2) is 8.33. The predicted molar refractivity (Wildman–Crippen MR) is 123 cm³/mol. The number of hydrogen-bond acceptors (Lipinski definition) is 3. The molecule has 1 amide bonds. The number of aryl methyl sites for hydroxylation is 1. The fraction of sp³-hybridized carbons (Fsp3) is 0.0909. The van der Waals surface area contributed by atoms with E-state index in [0.29, 0.717) is 32.3 Å². The normalized spacial score (nSPS) is 11.0. The summed E-state index contributed by atoms with van der Waals surface area (Å²) in [6.07, 6.45) is 0. The van der Waals surface area contributed by atoms with Gasteiger partial charge in [0.15, 0.2) is 5.13 Å². The van der Waals surface area contributed by atoms with Gasteiger partial charge in [0.25, 0.3) is 5.91 Å². The number of carbonyl (C=O) groups is 1. The van der Waals surface area contributed by atoms with Crippen LogP contribution in [0.25, 0.3) is 10.2 Å². The van der Waals surface area contributed by atoms with E-state index in [1.54, 1.807) is 23.1 Å². The Hall–Kier alpha value is -2.11. The first-order valence-corrected chi connectivity index (χ1v) is 10.7. The van der Waals surface area contributed by atoms with E-state index >= 15 is 0 Å². The highest BCUT2D eigenvalue weighted by Crippen LogP contribution is 2.37. The van der Waals surface area contributed by atoms with Crippen molar-refractivity contribution in [2.45, 2.75) is 13.5 Å². The molecule has 1 aromatic heterocycles. The maximum Gasteiger partial charge on any atom is 0.260 e. The zero-order valence-electron chi connectivity index (χ0n) is 15.3. The third kappa shape index (κ3) is 4.26. The number of benzene rings is 3. The van der Waals surface area contributed by atoms with E-state index in [1.165, 1.54) is 11.3 Å². The molecule has 0 N–H and O–H groups in total. The first kappa shape index (κ1) is 20.2. The Labute approximate surface area is 187 Å². The molecule has 4 rings (SSSR count). The number of hydrogen-bond donors (Lipinski definition) is 0. The second-order valence-electron chi connectivity index (χ2n) is 6.57. The van der Waals surface area contributed by atoms with Crippen LogP contribution in [0, 0.1) is 6.92 Å². The van der Waals surface area contributed by atoms with Crippen LogP contribution in [0.4, 0.5) is 5.13 Å². The molecule has 0 atom stereocenters. The van der Waals surface area contributed by atoms with Crippen molar-refractivity contribution in [2.24, 2.45) is 0 Å². The van der Waals surface area contributed by atoms with E-state index in [1.807, 2.05) is 49.4 Å². The minimum Gasteiger partial charge on any atom is -0.279 e. The molecule has 0 unspecified atom stereocenters. The van der Waals surface area contributed by atoms with Gasteiger partial charge in [-0.2, -0.15) is 0 Å². The molecule has 0 bridgehead atoms. The summed E-state index contributed by atoms with van der Waals surface area (Å²) in [6, 6.07) is 18.3. The molecule has 0 saturated carbocycles. The van der Waals surface area contributed by atoms with Crippen LogP contribution in [0.5, 0.6) is 0 Å². The van der Waals surface area contributed by atoms with Gasteiger partial charge in [0.2, 0.25) is 0 Å². The van der Waals surface area contributed by atoms with Gasteiger partial charge in [0, 0.05) is 15.6 Å². The monoisotopic (exact) mass is 460 g/mol. The van der Waals surface area contributed by atoms with Crippen LogP contribution in [-0.2, 0) is 6.54 Å². The van der Waals surface area contributed by atoms with Crippen LogP contribution in [0.2, 0.25) is 15.1 Å². The fourth-order valence-electron chi connectivity index (χ4n) is 3.03. The van der Waals surface area contributed by atoms with Crippen LogP contribution < -0.4 is 4.90 Å². The summed E-state index contributed by atoms with van der Waals surface area (Å²) in [5.74, 6) is -0.230. The first-order valence-electron chi connectivity index (χ1n) is 8.80. The molecule has 0 aliphatic rings. The van der Waals surface area contributed by atoms with Crippen molar-refractivity contribution in [2.75, 3.05) is 4.90 Å². The van der Waals surface area contributed by atoms with E-state index in [9.17, 15) is 4.79 Å². The van der Waals surface area contributed by atoms with E-state index < -0.39 is 0 Å². The summed E-state index contributed by atoms with van der Waals surface area (Å²) < 4.78 is 0.858. The molecule has 0 saturated heterocycles. The largest absolute Gasteiger partial charge is 0.279 e. The van der Waals surface area contributed by atoms with Crippen molar-refractivity contribution in [3.8, 4) is 0 Å². The quantitative estimate of drug-likeness (QED) is 0.317. The minimum atomic E-state index is -0.230. The number of aromatic nitrogens is 1. The number of fused-ring (bicyclic) bond motifs is 1. The van der Waals surface area contributed by atoms with Crippen molar-refractivity contribution in [3.63, 3.8) is 0 Å². The van der Waals surface area contributed by atoms with E-state index in [4.69, 9.17) is 39.8 Å². The standard InChI is InChI=1S/C22H15Cl3N2OS/c1-13-7-8-18(25)20-19(13)26-22(29-20)27(12-14-5-3-2-4-6-14)21(28)15-9-16(23)11-17(24)10-15/h2-11H,12H2,1H3. The van der Waals surface area contributed by atoms with E-state index in [2.05, 4.69) is 0 Å². The van der Waals surface area contributed by atoms with Crippen LogP contribution in [0.15, 0.2) is 60.7 Å². The molecule has 0 spiro atoms. The van der Waals surface area contributed by atoms with Gasteiger partial charge in [-0.3, -0.25) is 9.69 Å². The van der Waals surface area contributed by atoms with Crippen molar-refractivity contribution in [1.29, 1.82) is 0 Å². The average molecular weight is 462 g/mol. The maximum absolute atomic E-state index is 13.4. The van der Waals surface area contributed by atoms with E-state index in [0.717, 1.165) is 21.3 Å². The molecule has 3 nitrogen and oxygen atoms in total. The van der Waals surface area contributed by atoms with Crippen LogP contribution >= 0.6 is 46.1 Å². The molecule has 146 valence electrons. The molecule has 7 heteroatoms. The Kier molecular flexibility index (Phi) is 5.79. The summed E-state index contributed by atoms with van der Waals surface area (Å²) in [5, 5.41) is 2.00. The number of anilines is 1. The van der Waals surface area contributed by atoms with Gasteiger partial charge in [-0.15, -0.1) is 0 Å². The maximum atomic E-state index is 13.4. The van der Waals surface area contributed by atoms with Crippen molar-refractivity contribution >= 4 is 67.4 Å². The summed E-state index contributed by atoms with van der Waals surface area (Å²) in [6.45, 7) is 2.34. The van der Waals surface area contributed by atoms with Gasteiger partial charge < -0.3 is 0 Å². The van der Waals surface area contributed by atoms with Gasteiger partial charge >= 0.3 is 0 Å². The van der Waals surface area contributed by atoms with Crippen molar-refractivity contribution < 1.29 is 4.79 Å². The lowest BCUT2D eigenvalue weighted by Crippen LogP contribution is -2.30. The lowest BCUT2D eigenvalue weighted by molar-refractivity contribution is 0.0985. The van der Waals surface area contributed by atoms with Crippen molar-refractivity contribution in [3.05, 3.63) is 92.4 Å². The van der Waals surface area contributed by atoms with Crippen LogP contribution in [-0.4, -0.2) is 10.9 Å². The summed E-state index contributed by atoms with van der Waals surface area (Å²) in [4.78, 5) is 19.8. The molecule has 0 aliphatic heterocycles. The zero-order chi connectivity index (χ0) is 20.5. The zero-order valence-corrected chi connectivity index (χ0v) is 18.4. The smallest absolute Gasteiger partial charge is 0.260 e. The van der Waals surface area contributed by atoms with Crippen LogP contribution in [0.1, 0.15) is 21.5 Å². The Morgan fingerprint density at radius 3 is 2.34 bits per heavy atom. The molecular weight excluding hydrogens is 447 g/mol. The van der Waals surface area contributed by atoms with Crippen molar-refractivity contribution in [1.82, 2.24) is 4.98 Å². The molecule has 4 aromatic rings. The van der Waals surface area contributed by atoms with Gasteiger partial charge in [0.05, 0.1) is 21.8 Å². The Morgan fingerprint density at radius 1 is 1.00 bits per heavy atom. The van der Waals surface area contributed by atoms with E-state index in [-0.39, 0.29) is 5.91 Å². The first-order chi connectivity index (χ1) is 13.9. The average Bonchev–Trinajstić information content (AvgIpc) is 3.15. The Bertz CT molecular complexity index is 1150. The highest BCUT2D eigenvalue weighted by molar-refractivity contribution is 7.23. The third-order valence-electron chi connectivity index (χ3n) is 4.46. The van der Waals surface area contributed by atoms with Gasteiger partial charge in [-0.25, -0.2) is 4.98 Å². The molecule has 3 aromatic carbocycles. The SMILES string of the molecule is Cc1ccc(Cl)c2sc(N(Cc3ccccc3)C(=O)c3cc(Cl)cc(Cl)c3)nc12. The molecule has 0 fully saturated rings. The third-order valence-corrected chi connectivity index (χ3v) is 6.43. The van der Waals surface area contributed by atoms with Crippen LogP contribution in [0.3, 0.4) is 0 Å². The molecule has 0 radical (unpaired) electrons. The molecule has 1 heterocycles. The summed E-state index contributed by atoms with van der Waals surface area (Å²) >= 11 is 20.0. The number of rotatable bonds is 4. The highest BCUT2D eigenvalue weighted by Gasteiger charge is 2.23. The summed E-state index contributed by atoms with van der Waals surface area (Å²) in [5.41, 5.74) is 3.19. The van der Waals surface area contributed by atoms with Gasteiger partial charge in [-0.1, -0.05) is 82.5 Å². The number of amides is 1. The van der Waals surface area contributed by atoms with Gasteiger partial charge in [0.1, 0.15) is 0 Å². The lowest BCUT2D eigenvalue weighted by atomic mass is 10.1. The molecule has 29 heavy (non-hydrogen) atoms. The Balaban J connectivity index is 1.83. The summed E-state index contributed by atoms with van der Waals surface area (Å²) in [7, 11) is 0. The Morgan fingerprint density at radius 2 is 1.69 bits per heavy atom. The highest BCUT2D eigenvalue weighted by atomic mass is 35.5. The lowest BCUT2D eigenvalue weighted by Gasteiger charge is -2.20. The minimum absolute atomic E-state index is 0.230. The molecule has 0 aliphatic carbocycles. The number of thiazole rings is 1.